The second-order valence-corrected chi connectivity index (χ2v) is 4.25. The maximum atomic E-state index is 5.71. The van der Waals surface area contributed by atoms with Crippen LogP contribution >= 0.6 is 0 Å². The standard InChI is InChI=1S/C11H15N5/c12-11-4-10-9(6-14-11)15-7-16(10)8-2-1-3-13-5-8/h4,6-8,13H,1-3,5H2,(H2,12,14). The molecule has 0 bridgehead atoms. The van der Waals surface area contributed by atoms with Gasteiger partial charge in [0.1, 0.15) is 11.3 Å². The number of rotatable bonds is 1. The lowest BCUT2D eigenvalue weighted by atomic mass is 10.1. The van der Waals surface area contributed by atoms with E-state index in [1.54, 1.807) is 6.20 Å². The van der Waals surface area contributed by atoms with Crippen LogP contribution in [0.15, 0.2) is 18.6 Å². The van der Waals surface area contributed by atoms with Crippen molar-refractivity contribution in [3.05, 3.63) is 18.6 Å². The van der Waals surface area contributed by atoms with Crippen LogP contribution < -0.4 is 11.1 Å². The second-order valence-electron chi connectivity index (χ2n) is 4.25. The zero-order chi connectivity index (χ0) is 11.0. The average Bonchev–Trinajstić information content (AvgIpc) is 2.73. The quantitative estimate of drug-likeness (QED) is 0.746. The van der Waals surface area contributed by atoms with Gasteiger partial charge in [0.05, 0.1) is 18.0 Å². The summed E-state index contributed by atoms with van der Waals surface area (Å²) in [4.78, 5) is 8.40. The Morgan fingerprint density at radius 2 is 2.38 bits per heavy atom. The van der Waals surface area contributed by atoms with Crippen molar-refractivity contribution in [1.29, 1.82) is 0 Å². The molecule has 3 heterocycles. The number of aromatic nitrogens is 3. The Balaban J connectivity index is 2.05. The minimum Gasteiger partial charge on any atom is -0.384 e. The van der Waals surface area contributed by atoms with Crippen LogP contribution in [-0.4, -0.2) is 27.6 Å². The van der Waals surface area contributed by atoms with E-state index in [9.17, 15) is 0 Å². The third kappa shape index (κ3) is 1.53. The maximum absolute atomic E-state index is 5.71. The van der Waals surface area contributed by atoms with Crippen LogP contribution in [0, 0.1) is 0 Å². The molecule has 3 rings (SSSR count). The monoisotopic (exact) mass is 217 g/mol. The molecule has 2 aromatic rings. The summed E-state index contributed by atoms with van der Waals surface area (Å²) in [5, 5.41) is 3.41. The molecule has 16 heavy (non-hydrogen) atoms. The van der Waals surface area contributed by atoms with Gasteiger partial charge in [-0.05, 0) is 19.4 Å². The highest BCUT2D eigenvalue weighted by molar-refractivity contribution is 5.76. The van der Waals surface area contributed by atoms with Gasteiger partial charge in [-0.15, -0.1) is 0 Å². The van der Waals surface area contributed by atoms with E-state index in [1.807, 2.05) is 12.4 Å². The maximum Gasteiger partial charge on any atom is 0.125 e. The lowest BCUT2D eigenvalue weighted by Crippen LogP contribution is -2.31. The summed E-state index contributed by atoms with van der Waals surface area (Å²) >= 11 is 0. The van der Waals surface area contributed by atoms with Gasteiger partial charge in [0, 0.05) is 18.7 Å². The average molecular weight is 217 g/mol. The lowest BCUT2D eigenvalue weighted by molar-refractivity contribution is 0.378. The molecule has 0 aliphatic carbocycles. The second kappa shape index (κ2) is 3.75. The molecule has 1 unspecified atom stereocenters. The molecular formula is C11H15N5. The summed E-state index contributed by atoms with van der Waals surface area (Å²) in [5.74, 6) is 0.554. The molecule has 1 atom stereocenters. The Hall–Kier alpha value is -1.62. The molecule has 5 nitrogen and oxygen atoms in total. The number of nitrogens with one attached hydrogen (secondary N) is 1. The van der Waals surface area contributed by atoms with Crippen molar-refractivity contribution in [2.45, 2.75) is 18.9 Å². The van der Waals surface area contributed by atoms with E-state index in [4.69, 9.17) is 5.73 Å². The fourth-order valence-electron chi connectivity index (χ4n) is 2.31. The lowest BCUT2D eigenvalue weighted by Gasteiger charge is -2.24. The van der Waals surface area contributed by atoms with Gasteiger partial charge in [0.2, 0.25) is 0 Å². The Bertz CT molecular complexity index is 498. The molecule has 1 aliphatic heterocycles. The number of nitrogens with zero attached hydrogens (tertiary/aromatic N) is 3. The van der Waals surface area contributed by atoms with Gasteiger partial charge in [0.15, 0.2) is 0 Å². The largest absolute Gasteiger partial charge is 0.384 e. The normalized spacial score (nSPS) is 21.4. The fraction of sp³-hybridized carbons (Fsp3) is 0.455. The van der Waals surface area contributed by atoms with Crippen LogP contribution in [-0.2, 0) is 0 Å². The summed E-state index contributed by atoms with van der Waals surface area (Å²) in [6.07, 6.45) is 6.03. The molecule has 2 aromatic heterocycles. The minimum absolute atomic E-state index is 0.487. The number of fused-ring (bicyclic) bond motifs is 1. The van der Waals surface area contributed by atoms with E-state index in [0.717, 1.165) is 24.1 Å². The number of imidazole rings is 1. The molecule has 0 saturated carbocycles. The van der Waals surface area contributed by atoms with E-state index in [2.05, 4.69) is 19.9 Å². The predicted octanol–water partition coefficient (Wildman–Crippen LogP) is 0.938. The summed E-state index contributed by atoms with van der Waals surface area (Å²) in [6.45, 7) is 2.13. The van der Waals surface area contributed by atoms with Crippen molar-refractivity contribution in [2.24, 2.45) is 0 Å². The first-order chi connectivity index (χ1) is 7.84. The van der Waals surface area contributed by atoms with Gasteiger partial charge in [-0.25, -0.2) is 9.97 Å². The first-order valence-corrected chi connectivity index (χ1v) is 5.63. The van der Waals surface area contributed by atoms with E-state index >= 15 is 0 Å². The van der Waals surface area contributed by atoms with Crippen molar-refractivity contribution in [1.82, 2.24) is 19.9 Å². The van der Waals surface area contributed by atoms with Gasteiger partial charge in [-0.3, -0.25) is 0 Å². The van der Waals surface area contributed by atoms with E-state index in [-0.39, 0.29) is 0 Å². The first kappa shape index (κ1) is 9.59. The number of pyridine rings is 1. The number of piperidine rings is 1. The molecule has 1 aliphatic rings. The Labute approximate surface area is 93.7 Å². The third-order valence-electron chi connectivity index (χ3n) is 3.15. The summed E-state index contributed by atoms with van der Waals surface area (Å²) in [5.41, 5.74) is 7.71. The topological polar surface area (TPSA) is 68.8 Å². The number of anilines is 1. The molecule has 0 amide bonds. The van der Waals surface area contributed by atoms with Crippen molar-refractivity contribution < 1.29 is 0 Å². The van der Waals surface area contributed by atoms with Crippen molar-refractivity contribution in [2.75, 3.05) is 18.8 Å². The van der Waals surface area contributed by atoms with Gasteiger partial charge in [0.25, 0.3) is 0 Å². The molecule has 0 spiro atoms. The number of nitrogen functional groups attached to an aromatic ring is 1. The van der Waals surface area contributed by atoms with Crippen molar-refractivity contribution >= 4 is 16.9 Å². The van der Waals surface area contributed by atoms with E-state index < -0.39 is 0 Å². The Morgan fingerprint density at radius 1 is 1.44 bits per heavy atom. The fourth-order valence-corrected chi connectivity index (χ4v) is 2.31. The molecular weight excluding hydrogens is 202 g/mol. The van der Waals surface area contributed by atoms with Crippen molar-refractivity contribution in [3.8, 4) is 0 Å². The highest BCUT2D eigenvalue weighted by Gasteiger charge is 2.16. The molecule has 3 N–H and O–H groups in total. The van der Waals surface area contributed by atoms with Crippen LogP contribution in [0.3, 0.4) is 0 Å². The molecule has 0 aromatic carbocycles. The van der Waals surface area contributed by atoms with Gasteiger partial charge >= 0.3 is 0 Å². The molecule has 5 heteroatoms. The van der Waals surface area contributed by atoms with Crippen molar-refractivity contribution in [3.63, 3.8) is 0 Å². The summed E-state index contributed by atoms with van der Waals surface area (Å²) in [6, 6.07) is 2.39. The third-order valence-corrected chi connectivity index (χ3v) is 3.15. The first-order valence-electron chi connectivity index (χ1n) is 5.63. The summed E-state index contributed by atoms with van der Waals surface area (Å²) < 4.78 is 2.21. The molecule has 84 valence electrons. The Morgan fingerprint density at radius 3 is 3.19 bits per heavy atom. The van der Waals surface area contributed by atoms with Crippen LogP contribution in [0.25, 0.3) is 11.0 Å². The summed E-state index contributed by atoms with van der Waals surface area (Å²) in [7, 11) is 0. The molecule has 1 fully saturated rings. The highest BCUT2D eigenvalue weighted by Crippen LogP contribution is 2.22. The number of hydrogen-bond donors (Lipinski definition) is 2. The Kier molecular flexibility index (Phi) is 2.25. The number of nitrogens with two attached hydrogens (primary N) is 1. The molecule has 0 radical (unpaired) electrons. The van der Waals surface area contributed by atoms with E-state index in [1.165, 1.54) is 12.8 Å². The van der Waals surface area contributed by atoms with Crippen LogP contribution in [0.5, 0.6) is 0 Å². The van der Waals surface area contributed by atoms with Gasteiger partial charge < -0.3 is 15.6 Å². The van der Waals surface area contributed by atoms with Crippen LogP contribution in [0.4, 0.5) is 5.82 Å². The number of hydrogen-bond acceptors (Lipinski definition) is 4. The van der Waals surface area contributed by atoms with Crippen LogP contribution in [0.2, 0.25) is 0 Å². The van der Waals surface area contributed by atoms with Crippen LogP contribution in [0.1, 0.15) is 18.9 Å². The minimum atomic E-state index is 0.487. The predicted molar refractivity (Wildman–Crippen MR) is 63.1 cm³/mol. The highest BCUT2D eigenvalue weighted by atomic mass is 15.1. The van der Waals surface area contributed by atoms with E-state index in [0.29, 0.717) is 11.9 Å². The zero-order valence-corrected chi connectivity index (χ0v) is 9.06. The zero-order valence-electron chi connectivity index (χ0n) is 9.06. The smallest absolute Gasteiger partial charge is 0.125 e. The van der Waals surface area contributed by atoms with Gasteiger partial charge in [-0.1, -0.05) is 0 Å². The molecule has 1 saturated heterocycles. The van der Waals surface area contributed by atoms with Gasteiger partial charge in [-0.2, -0.15) is 0 Å². The SMILES string of the molecule is Nc1cc2c(cn1)ncn2C1CCCNC1.